The second-order valence-electron chi connectivity index (χ2n) is 12.3. The van der Waals surface area contributed by atoms with Crippen LogP contribution in [0.4, 0.5) is 9.59 Å². The van der Waals surface area contributed by atoms with Crippen LogP contribution in [0.5, 0.6) is 0 Å². The van der Waals surface area contributed by atoms with E-state index in [4.69, 9.17) is 18.9 Å². The van der Waals surface area contributed by atoms with Gasteiger partial charge in [-0.15, -0.1) is 0 Å². The average Bonchev–Trinajstić information content (AvgIpc) is 3.64. The van der Waals surface area contributed by atoms with Crippen molar-refractivity contribution in [3.63, 3.8) is 0 Å². The first-order valence-corrected chi connectivity index (χ1v) is 14.9. The summed E-state index contributed by atoms with van der Waals surface area (Å²) in [6.45, 7) is 5.82. The Balaban J connectivity index is 1.05. The Morgan fingerprint density at radius 2 is 1.45 bits per heavy atom. The number of nitrogens with one attached hydrogen (secondary N) is 3. The van der Waals surface area contributed by atoms with E-state index in [1.807, 2.05) is 48.5 Å². The molecule has 1 aliphatic carbocycles. The third-order valence-electron chi connectivity index (χ3n) is 7.93. The fourth-order valence-electron chi connectivity index (χ4n) is 5.99. The van der Waals surface area contributed by atoms with Gasteiger partial charge in [0.25, 0.3) is 0 Å². The number of amides is 3. The molecule has 4 N–H and O–H groups in total. The Hall–Kier alpha value is -4.16. The van der Waals surface area contributed by atoms with Crippen molar-refractivity contribution in [1.29, 1.82) is 0 Å². The van der Waals surface area contributed by atoms with Crippen molar-refractivity contribution >= 4 is 24.1 Å². The minimum atomic E-state index is -1.21. The van der Waals surface area contributed by atoms with Crippen LogP contribution in [0.2, 0.25) is 0 Å². The van der Waals surface area contributed by atoms with E-state index in [-0.39, 0.29) is 50.9 Å². The summed E-state index contributed by atoms with van der Waals surface area (Å²) >= 11 is 0. The molecule has 0 bridgehead atoms. The first kappa shape index (κ1) is 31.3. The lowest BCUT2D eigenvalue weighted by molar-refractivity contribution is -0.139. The summed E-state index contributed by atoms with van der Waals surface area (Å²) in [6, 6.07) is 13.8. The number of hydrogen-bond donors (Lipinski definition) is 4. The Morgan fingerprint density at radius 3 is 2.02 bits per heavy atom. The Labute approximate surface area is 255 Å². The van der Waals surface area contributed by atoms with Gasteiger partial charge in [0.15, 0.2) is 0 Å². The van der Waals surface area contributed by atoms with Gasteiger partial charge in [-0.1, -0.05) is 48.5 Å². The summed E-state index contributed by atoms with van der Waals surface area (Å²) in [5.41, 5.74) is 3.66. The largest absolute Gasteiger partial charge is 0.480 e. The highest BCUT2D eigenvalue weighted by Gasteiger charge is 2.49. The number of rotatable bonds is 10. The number of aliphatic carboxylic acids is 1. The van der Waals surface area contributed by atoms with E-state index in [0.717, 1.165) is 22.3 Å². The lowest BCUT2D eigenvalue weighted by Crippen LogP contribution is -2.47. The lowest BCUT2D eigenvalue weighted by atomic mass is 9.98. The lowest BCUT2D eigenvalue weighted by Gasteiger charge is -2.23. The third kappa shape index (κ3) is 7.31. The molecule has 3 amide bonds. The van der Waals surface area contributed by atoms with Crippen LogP contribution in [0.3, 0.4) is 0 Å². The van der Waals surface area contributed by atoms with Crippen molar-refractivity contribution in [1.82, 2.24) is 16.0 Å². The van der Waals surface area contributed by atoms with Crippen molar-refractivity contribution in [3.8, 4) is 11.1 Å². The molecule has 2 fully saturated rings. The van der Waals surface area contributed by atoms with E-state index < -0.39 is 54.1 Å². The van der Waals surface area contributed by atoms with Gasteiger partial charge in [-0.3, -0.25) is 4.79 Å². The topological polar surface area (TPSA) is 162 Å². The van der Waals surface area contributed by atoms with Crippen molar-refractivity contribution in [2.75, 3.05) is 19.8 Å². The predicted octanol–water partition coefficient (Wildman–Crippen LogP) is 3.32. The van der Waals surface area contributed by atoms with Gasteiger partial charge in [-0.05, 0) is 55.9 Å². The maximum Gasteiger partial charge on any atom is 0.408 e. The Bertz CT molecular complexity index is 1350. The van der Waals surface area contributed by atoms with E-state index in [9.17, 15) is 24.3 Å². The molecule has 0 radical (unpaired) electrons. The summed E-state index contributed by atoms with van der Waals surface area (Å²) in [6.07, 6.45) is -1.94. The summed E-state index contributed by atoms with van der Waals surface area (Å²) in [5, 5.41) is 17.7. The normalized spacial score (nSPS) is 22.7. The molecule has 0 unspecified atom stereocenters. The second-order valence-corrected chi connectivity index (χ2v) is 12.3. The van der Waals surface area contributed by atoms with Crippen molar-refractivity contribution in [2.24, 2.45) is 0 Å². The monoisotopic (exact) mass is 609 g/mol. The van der Waals surface area contributed by atoms with Gasteiger partial charge in [-0.25, -0.2) is 14.4 Å². The SMILES string of the molecule is CC(C)(C)OC(=O)N[C@H]1CO[C@H]2[C@@H]1OC[C@@H]2NC(=O)CCC[C@H](NC(=O)OCC1c2ccccc2-c2ccccc21)C(=O)O. The van der Waals surface area contributed by atoms with Crippen molar-refractivity contribution in [3.05, 3.63) is 59.7 Å². The van der Waals surface area contributed by atoms with Gasteiger partial charge < -0.3 is 40.0 Å². The molecule has 236 valence electrons. The maximum absolute atomic E-state index is 12.7. The van der Waals surface area contributed by atoms with Gasteiger partial charge in [0, 0.05) is 12.3 Å². The number of alkyl carbamates (subject to hydrolysis) is 2. The molecule has 2 aliphatic heterocycles. The van der Waals surface area contributed by atoms with Crippen LogP contribution in [-0.2, 0) is 28.5 Å². The number of benzene rings is 2. The summed E-state index contributed by atoms with van der Waals surface area (Å²) < 4.78 is 22.4. The van der Waals surface area contributed by atoms with Crippen LogP contribution in [-0.4, -0.2) is 84.9 Å². The molecule has 3 aliphatic rings. The van der Waals surface area contributed by atoms with Crippen LogP contribution in [0.1, 0.15) is 57.1 Å². The molecule has 0 saturated carbocycles. The van der Waals surface area contributed by atoms with E-state index in [1.165, 1.54) is 0 Å². The number of fused-ring (bicyclic) bond motifs is 4. The maximum atomic E-state index is 12.7. The molecule has 2 saturated heterocycles. The predicted molar refractivity (Wildman–Crippen MR) is 158 cm³/mol. The highest BCUT2D eigenvalue weighted by atomic mass is 16.6. The molecule has 2 aromatic rings. The fourth-order valence-corrected chi connectivity index (χ4v) is 5.99. The smallest absolute Gasteiger partial charge is 0.408 e. The summed E-state index contributed by atoms with van der Waals surface area (Å²) in [5.74, 6) is -1.66. The molecular formula is C32H39N3O9. The molecule has 5 atom stereocenters. The van der Waals surface area contributed by atoms with Gasteiger partial charge in [0.1, 0.15) is 30.5 Å². The minimum absolute atomic E-state index is 0.0402. The third-order valence-corrected chi connectivity index (χ3v) is 7.93. The number of carboxylic acids is 1. The number of carbonyl (C=O) groups excluding carboxylic acids is 3. The molecule has 2 aromatic carbocycles. The highest BCUT2D eigenvalue weighted by Crippen LogP contribution is 2.44. The molecule has 5 rings (SSSR count). The van der Waals surface area contributed by atoms with E-state index >= 15 is 0 Å². The average molecular weight is 610 g/mol. The van der Waals surface area contributed by atoms with Crippen LogP contribution in [0.15, 0.2) is 48.5 Å². The zero-order chi connectivity index (χ0) is 31.4. The van der Waals surface area contributed by atoms with Crippen molar-refractivity contribution < 1.29 is 43.2 Å². The molecule has 12 nitrogen and oxygen atoms in total. The van der Waals surface area contributed by atoms with E-state index in [0.29, 0.717) is 0 Å². The van der Waals surface area contributed by atoms with Crippen LogP contribution >= 0.6 is 0 Å². The number of carbonyl (C=O) groups is 4. The summed E-state index contributed by atoms with van der Waals surface area (Å²) in [7, 11) is 0. The van der Waals surface area contributed by atoms with Crippen molar-refractivity contribution in [2.45, 2.75) is 81.9 Å². The van der Waals surface area contributed by atoms with Crippen LogP contribution in [0, 0.1) is 0 Å². The highest BCUT2D eigenvalue weighted by molar-refractivity contribution is 5.81. The molecule has 2 heterocycles. The molecule has 12 heteroatoms. The number of hydrogen-bond acceptors (Lipinski definition) is 8. The molecule has 44 heavy (non-hydrogen) atoms. The minimum Gasteiger partial charge on any atom is -0.480 e. The molecule has 0 aromatic heterocycles. The zero-order valence-electron chi connectivity index (χ0n) is 25.0. The number of ether oxygens (including phenoxy) is 4. The van der Waals surface area contributed by atoms with Crippen LogP contribution in [0.25, 0.3) is 11.1 Å². The summed E-state index contributed by atoms with van der Waals surface area (Å²) in [4.78, 5) is 49.2. The molecular weight excluding hydrogens is 570 g/mol. The van der Waals surface area contributed by atoms with Gasteiger partial charge in [-0.2, -0.15) is 0 Å². The van der Waals surface area contributed by atoms with E-state index in [1.54, 1.807) is 20.8 Å². The van der Waals surface area contributed by atoms with Crippen LogP contribution < -0.4 is 16.0 Å². The first-order chi connectivity index (χ1) is 21.0. The van der Waals surface area contributed by atoms with Gasteiger partial charge in [0.05, 0.1) is 25.3 Å². The fraction of sp³-hybridized carbons (Fsp3) is 0.500. The zero-order valence-corrected chi connectivity index (χ0v) is 25.0. The van der Waals surface area contributed by atoms with E-state index in [2.05, 4.69) is 16.0 Å². The Kier molecular flexibility index (Phi) is 9.40. The first-order valence-electron chi connectivity index (χ1n) is 14.9. The Morgan fingerprint density at radius 1 is 0.886 bits per heavy atom. The quantitative estimate of drug-likeness (QED) is 0.317. The second kappa shape index (κ2) is 13.2. The molecule has 0 spiro atoms. The number of carboxylic acid groups (broad SMARTS) is 1. The standard InChI is InChI=1S/C32H39N3O9/c1-32(2,3)44-31(40)35-25-17-42-27-24(16-41-28(25)27)33-26(36)14-8-13-23(29(37)38)34-30(39)43-15-22-20-11-6-4-9-18(20)19-10-5-7-12-21(19)22/h4-7,9-12,22-25,27-28H,8,13-17H2,1-3H3,(H,33,36)(H,34,39)(H,35,40)(H,37,38)/t23-,24-,25-,27+,28+/m0/s1. The van der Waals surface area contributed by atoms with Gasteiger partial charge in [0.2, 0.25) is 5.91 Å². The van der Waals surface area contributed by atoms with Gasteiger partial charge >= 0.3 is 18.2 Å².